The number of anilines is 1. The standard InChI is InChI=1S/C23H10Br5NO5/c24-12-5-1-10(2-6-12)14(30)9-34-23(33)11-3-7-13(8-4-11)29-21(31)15-16(22(29)32)18(26)20(28)19(27)17(15)25/h1-8H,9H2. The summed E-state index contributed by atoms with van der Waals surface area (Å²) in [5, 5.41) is 0. The van der Waals surface area contributed by atoms with E-state index < -0.39 is 24.4 Å². The maximum Gasteiger partial charge on any atom is 0.338 e. The lowest BCUT2D eigenvalue weighted by Crippen LogP contribution is -2.29. The smallest absolute Gasteiger partial charge is 0.338 e. The van der Waals surface area contributed by atoms with Crippen LogP contribution in [0.3, 0.4) is 0 Å². The fourth-order valence-electron chi connectivity index (χ4n) is 3.26. The second-order valence-electron chi connectivity index (χ2n) is 7.00. The minimum Gasteiger partial charge on any atom is -0.454 e. The Hall–Kier alpha value is -1.66. The second kappa shape index (κ2) is 10.1. The predicted molar refractivity (Wildman–Crippen MR) is 144 cm³/mol. The van der Waals surface area contributed by atoms with Gasteiger partial charge in [0.1, 0.15) is 0 Å². The van der Waals surface area contributed by atoms with Crippen molar-refractivity contribution in [3.8, 4) is 0 Å². The number of hydrogen-bond acceptors (Lipinski definition) is 5. The summed E-state index contributed by atoms with van der Waals surface area (Å²) >= 11 is 16.8. The number of hydrogen-bond donors (Lipinski definition) is 0. The molecule has 0 bridgehead atoms. The van der Waals surface area contributed by atoms with Crippen LogP contribution in [0.5, 0.6) is 0 Å². The molecule has 172 valence electrons. The van der Waals surface area contributed by atoms with Crippen LogP contribution in [-0.4, -0.2) is 30.2 Å². The van der Waals surface area contributed by atoms with Crippen molar-refractivity contribution in [2.75, 3.05) is 11.5 Å². The Morgan fingerprint density at radius 3 is 1.65 bits per heavy atom. The van der Waals surface area contributed by atoms with Crippen molar-refractivity contribution in [2.24, 2.45) is 0 Å². The van der Waals surface area contributed by atoms with Crippen molar-refractivity contribution in [3.05, 3.63) is 93.1 Å². The summed E-state index contributed by atoms with van der Waals surface area (Å²) in [6.07, 6.45) is 0. The molecule has 11 heteroatoms. The molecule has 1 aliphatic rings. The highest BCUT2D eigenvalue weighted by Gasteiger charge is 2.41. The molecule has 3 aromatic rings. The number of carbonyl (C=O) groups is 4. The van der Waals surface area contributed by atoms with Gasteiger partial charge >= 0.3 is 5.97 Å². The zero-order valence-electron chi connectivity index (χ0n) is 16.7. The molecule has 1 heterocycles. The Balaban J connectivity index is 1.51. The SMILES string of the molecule is O=C(COC(=O)c1ccc(N2C(=O)c3c(Br)c(Br)c(Br)c(Br)c3C2=O)cc1)c1ccc(Br)cc1. The Labute approximate surface area is 235 Å². The molecule has 0 atom stereocenters. The normalized spacial score (nSPS) is 12.7. The van der Waals surface area contributed by atoms with Gasteiger partial charge in [0.15, 0.2) is 12.4 Å². The average molecular weight is 780 g/mol. The van der Waals surface area contributed by atoms with E-state index in [-0.39, 0.29) is 22.5 Å². The molecule has 0 saturated carbocycles. The van der Waals surface area contributed by atoms with E-state index in [0.717, 1.165) is 9.37 Å². The van der Waals surface area contributed by atoms with Gasteiger partial charge in [0.05, 0.1) is 22.4 Å². The third kappa shape index (κ3) is 4.60. The highest BCUT2D eigenvalue weighted by Crippen LogP contribution is 2.46. The summed E-state index contributed by atoms with van der Waals surface area (Å²) in [5.74, 6) is -2.04. The van der Waals surface area contributed by atoms with Crippen molar-refractivity contribution >= 4 is 109 Å². The largest absolute Gasteiger partial charge is 0.454 e. The molecule has 4 rings (SSSR count). The van der Waals surface area contributed by atoms with E-state index in [1.165, 1.54) is 24.3 Å². The number of rotatable bonds is 5. The molecule has 0 aliphatic carbocycles. The van der Waals surface area contributed by atoms with Crippen molar-refractivity contribution in [1.82, 2.24) is 0 Å². The number of imide groups is 1. The number of ether oxygens (including phenoxy) is 1. The number of fused-ring (bicyclic) bond motifs is 1. The predicted octanol–water partition coefficient (Wildman–Crippen LogP) is 7.34. The maximum absolute atomic E-state index is 13.1. The second-order valence-corrected chi connectivity index (χ2v) is 11.1. The molecule has 0 N–H and O–H groups in total. The van der Waals surface area contributed by atoms with E-state index in [1.54, 1.807) is 24.3 Å². The van der Waals surface area contributed by atoms with Gasteiger partial charge < -0.3 is 4.74 Å². The lowest BCUT2D eigenvalue weighted by atomic mass is 10.1. The minimum atomic E-state index is -0.697. The highest BCUT2D eigenvalue weighted by atomic mass is 79.9. The number of amides is 2. The highest BCUT2D eigenvalue weighted by molar-refractivity contribution is 9.15. The van der Waals surface area contributed by atoms with E-state index in [0.29, 0.717) is 29.1 Å². The number of esters is 1. The van der Waals surface area contributed by atoms with Crippen LogP contribution in [-0.2, 0) is 4.74 Å². The van der Waals surface area contributed by atoms with E-state index in [2.05, 4.69) is 79.6 Å². The Bertz CT molecular complexity index is 1320. The Kier molecular flexibility index (Phi) is 7.58. The van der Waals surface area contributed by atoms with Gasteiger partial charge in [-0.2, -0.15) is 0 Å². The molecule has 0 saturated heterocycles. The number of halogens is 5. The van der Waals surface area contributed by atoms with E-state index in [9.17, 15) is 19.2 Å². The van der Waals surface area contributed by atoms with Gasteiger partial charge in [-0.3, -0.25) is 14.4 Å². The van der Waals surface area contributed by atoms with Gasteiger partial charge in [0, 0.05) is 27.9 Å². The van der Waals surface area contributed by atoms with E-state index in [4.69, 9.17) is 4.74 Å². The average Bonchev–Trinajstić information content (AvgIpc) is 3.10. The van der Waals surface area contributed by atoms with Crippen molar-refractivity contribution in [3.63, 3.8) is 0 Å². The molecular weight excluding hydrogens is 770 g/mol. The Morgan fingerprint density at radius 1 is 0.676 bits per heavy atom. The molecule has 2 amide bonds. The summed E-state index contributed by atoms with van der Waals surface area (Å²) in [4.78, 5) is 51.8. The molecule has 0 spiro atoms. The van der Waals surface area contributed by atoms with Gasteiger partial charge in [0.25, 0.3) is 11.8 Å². The van der Waals surface area contributed by atoms with Crippen LogP contribution < -0.4 is 4.90 Å². The van der Waals surface area contributed by atoms with Crippen molar-refractivity contribution < 1.29 is 23.9 Å². The first kappa shape index (κ1) is 25.4. The minimum absolute atomic E-state index is 0.178. The molecule has 1 aliphatic heterocycles. The molecular formula is C23H10Br5NO5. The fourth-order valence-corrected chi connectivity index (χ4v) is 5.99. The van der Waals surface area contributed by atoms with E-state index >= 15 is 0 Å². The molecule has 0 radical (unpaired) electrons. The topological polar surface area (TPSA) is 80.8 Å². The van der Waals surface area contributed by atoms with Crippen molar-refractivity contribution in [2.45, 2.75) is 0 Å². The van der Waals surface area contributed by atoms with Crippen LogP contribution in [0, 0.1) is 0 Å². The van der Waals surface area contributed by atoms with Gasteiger partial charge in [-0.15, -0.1) is 0 Å². The summed E-state index contributed by atoms with van der Waals surface area (Å²) in [6, 6.07) is 12.5. The summed E-state index contributed by atoms with van der Waals surface area (Å²) < 4.78 is 8.05. The lowest BCUT2D eigenvalue weighted by Gasteiger charge is -2.14. The molecule has 0 unspecified atom stereocenters. The summed E-state index contributed by atoms with van der Waals surface area (Å²) in [7, 11) is 0. The first-order valence-electron chi connectivity index (χ1n) is 9.42. The number of carbonyl (C=O) groups excluding carboxylic acids is 4. The molecule has 6 nitrogen and oxygen atoms in total. The quantitative estimate of drug-likeness (QED) is 0.0891. The molecule has 0 aromatic heterocycles. The third-order valence-corrected chi connectivity index (χ3v) is 10.3. The fraction of sp³-hybridized carbons (Fsp3) is 0.0435. The number of ketones is 1. The monoisotopic (exact) mass is 775 g/mol. The van der Waals surface area contributed by atoms with Crippen molar-refractivity contribution in [1.29, 1.82) is 0 Å². The zero-order chi connectivity index (χ0) is 24.7. The number of benzene rings is 3. The third-order valence-electron chi connectivity index (χ3n) is 4.96. The van der Waals surface area contributed by atoms with Gasteiger partial charge in [-0.05, 0) is 100 Å². The maximum atomic E-state index is 13.1. The van der Waals surface area contributed by atoms with Gasteiger partial charge in [-0.1, -0.05) is 28.1 Å². The zero-order valence-corrected chi connectivity index (χ0v) is 24.6. The number of nitrogens with zero attached hydrogens (tertiary/aromatic N) is 1. The van der Waals surface area contributed by atoms with Crippen LogP contribution >= 0.6 is 79.6 Å². The Morgan fingerprint density at radius 2 is 1.15 bits per heavy atom. The first-order valence-corrected chi connectivity index (χ1v) is 13.4. The van der Waals surface area contributed by atoms with Crippen LogP contribution in [0.4, 0.5) is 5.69 Å². The molecule has 34 heavy (non-hydrogen) atoms. The molecule has 3 aromatic carbocycles. The van der Waals surface area contributed by atoms with E-state index in [1.807, 2.05) is 0 Å². The van der Waals surface area contributed by atoms with Crippen LogP contribution in [0.15, 0.2) is 70.9 Å². The van der Waals surface area contributed by atoms with Crippen LogP contribution in [0.2, 0.25) is 0 Å². The van der Waals surface area contributed by atoms with Crippen LogP contribution in [0.1, 0.15) is 41.4 Å². The van der Waals surface area contributed by atoms with Gasteiger partial charge in [-0.25, -0.2) is 9.69 Å². The first-order chi connectivity index (χ1) is 16.1. The summed E-state index contributed by atoms with van der Waals surface area (Å²) in [5.41, 5.74) is 1.34. The number of Topliss-reactive ketones (excluding diaryl/α,β-unsaturated/α-hetero) is 1. The summed E-state index contributed by atoms with van der Waals surface area (Å²) in [6.45, 7) is -0.410. The lowest BCUT2D eigenvalue weighted by molar-refractivity contribution is 0.0474. The van der Waals surface area contributed by atoms with Crippen LogP contribution in [0.25, 0.3) is 0 Å². The van der Waals surface area contributed by atoms with Gasteiger partial charge in [0.2, 0.25) is 0 Å². The molecule has 0 fully saturated rings.